The zero-order valence-electron chi connectivity index (χ0n) is 13.0. The van der Waals surface area contributed by atoms with E-state index in [9.17, 15) is 0 Å². The van der Waals surface area contributed by atoms with Crippen LogP contribution in [0.15, 0.2) is 24.5 Å². The summed E-state index contributed by atoms with van der Waals surface area (Å²) in [7, 11) is 0. The lowest BCUT2D eigenvalue weighted by Crippen LogP contribution is -2.09. The highest BCUT2D eigenvalue weighted by molar-refractivity contribution is 6.28. The van der Waals surface area contributed by atoms with E-state index in [0.717, 1.165) is 11.1 Å². The molecule has 0 aliphatic carbocycles. The number of aryl methyl sites for hydroxylation is 1. The van der Waals surface area contributed by atoms with Gasteiger partial charge in [0.1, 0.15) is 16.9 Å². The minimum absolute atomic E-state index is 0.164. The van der Waals surface area contributed by atoms with E-state index in [0.29, 0.717) is 36.9 Å². The normalized spacial score (nSPS) is 11.1. The van der Waals surface area contributed by atoms with Crippen molar-refractivity contribution in [3.8, 4) is 0 Å². The van der Waals surface area contributed by atoms with Crippen LogP contribution in [0.4, 0.5) is 11.6 Å². The van der Waals surface area contributed by atoms with Crippen molar-refractivity contribution in [3.05, 3.63) is 35.4 Å². The zero-order valence-corrected chi connectivity index (χ0v) is 13.7. The Labute approximate surface area is 138 Å². The Bertz CT molecular complexity index is 819. The molecule has 0 aliphatic heterocycles. The largest absolute Gasteiger partial charge is 0.380 e. The highest BCUT2D eigenvalue weighted by atomic mass is 35.5. The number of anilines is 2. The molecule has 3 heterocycles. The van der Waals surface area contributed by atoms with Crippen molar-refractivity contribution < 1.29 is 4.74 Å². The fourth-order valence-corrected chi connectivity index (χ4v) is 2.42. The van der Waals surface area contributed by atoms with Crippen molar-refractivity contribution in [2.45, 2.75) is 20.4 Å². The van der Waals surface area contributed by atoms with Crippen LogP contribution in [0.5, 0.6) is 0 Å². The molecule has 0 amide bonds. The van der Waals surface area contributed by atoms with E-state index in [1.54, 1.807) is 17.1 Å². The lowest BCUT2D eigenvalue weighted by atomic mass is 10.3. The Kier molecular flexibility index (Phi) is 4.68. The van der Waals surface area contributed by atoms with Gasteiger partial charge in [-0.15, -0.1) is 0 Å². The smallest absolute Gasteiger partial charge is 0.225 e. The fraction of sp³-hybridized carbons (Fsp3) is 0.333. The maximum atomic E-state index is 6.01. The molecular weight excluding hydrogens is 316 g/mol. The van der Waals surface area contributed by atoms with Crippen molar-refractivity contribution in [2.75, 3.05) is 18.5 Å². The highest BCUT2D eigenvalue weighted by Gasteiger charge is 2.13. The van der Waals surface area contributed by atoms with Gasteiger partial charge >= 0.3 is 0 Å². The van der Waals surface area contributed by atoms with E-state index in [1.807, 2.05) is 26.0 Å². The van der Waals surface area contributed by atoms with Gasteiger partial charge in [0.05, 0.1) is 19.3 Å². The molecule has 8 heteroatoms. The summed E-state index contributed by atoms with van der Waals surface area (Å²) in [6, 6.07) is 3.86. The van der Waals surface area contributed by atoms with Gasteiger partial charge in [-0.1, -0.05) is 0 Å². The van der Waals surface area contributed by atoms with Gasteiger partial charge in [-0.3, -0.25) is 4.68 Å². The van der Waals surface area contributed by atoms with Crippen LogP contribution in [-0.4, -0.2) is 37.9 Å². The van der Waals surface area contributed by atoms with Gasteiger partial charge in [0.25, 0.3) is 0 Å². The second-order valence-electron chi connectivity index (χ2n) is 4.98. The Balaban J connectivity index is 1.98. The second-order valence-corrected chi connectivity index (χ2v) is 5.32. The first kappa shape index (κ1) is 15.6. The molecule has 23 heavy (non-hydrogen) atoms. The lowest BCUT2D eigenvalue weighted by molar-refractivity contribution is 0.137. The fourth-order valence-electron chi connectivity index (χ4n) is 2.25. The zero-order chi connectivity index (χ0) is 16.2. The predicted molar refractivity (Wildman–Crippen MR) is 89.1 cm³/mol. The van der Waals surface area contributed by atoms with E-state index in [-0.39, 0.29) is 5.28 Å². The molecule has 0 saturated heterocycles. The van der Waals surface area contributed by atoms with E-state index in [4.69, 9.17) is 16.3 Å². The van der Waals surface area contributed by atoms with E-state index in [1.165, 1.54) is 0 Å². The molecular formula is C15H17ClN6O. The summed E-state index contributed by atoms with van der Waals surface area (Å²) in [5.41, 5.74) is 2.55. The monoisotopic (exact) mass is 332 g/mol. The maximum absolute atomic E-state index is 6.01. The van der Waals surface area contributed by atoms with Gasteiger partial charge in [0, 0.05) is 12.8 Å². The molecule has 1 N–H and O–H groups in total. The summed E-state index contributed by atoms with van der Waals surface area (Å²) in [6.07, 6.45) is 3.41. The number of ether oxygens (including phenoxy) is 1. The average molecular weight is 333 g/mol. The molecule has 0 bridgehead atoms. The average Bonchev–Trinajstić information content (AvgIpc) is 2.90. The van der Waals surface area contributed by atoms with Gasteiger partial charge in [-0.2, -0.15) is 10.1 Å². The molecule has 3 aromatic heterocycles. The summed E-state index contributed by atoms with van der Waals surface area (Å²) in [4.78, 5) is 12.8. The van der Waals surface area contributed by atoms with Crippen molar-refractivity contribution in [1.29, 1.82) is 0 Å². The Hall–Kier alpha value is -2.25. The van der Waals surface area contributed by atoms with Crippen molar-refractivity contribution in [1.82, 2.24) is 24.7 Å². The minimum atomic E-state index is 0.164. The summed E-state index contributed by atoms with van der Waals surface area (Å²) in [5, 5.41) is 7.70. The molecule has 0 aliphatic rings. The van der Waals surface area contributed by atoms with Gasteiger partial charge in [-0.05, 0) is 43.1 Å². The van der Waals surface area contributed by atoms with E-state index < -0.39 is 0 Å². The van der Waals surface area contributed by atoms with Crippen LogP contribution in [0.3, 0.4) is 0 Å². The van der Waals surface area contributed by atoms with Crippen LogP contribution >= 0.6 is 11.6 Å². The van der Waals surface area contributed by atoms with Crippen molar-refractivity contribution in [3.63, 3.8) is 0 Å². The summed E-state index contributed by atoms with van der Waals surface area (Å²) in [5.74, 6) is 1.27. The number of hydrogen-bond donors (Lipinski definition) is 1. The number of nitrogens with one attached hydrogen (secondary N) is 1. The van der Waals surface area contributed by atoms with Gasteiger partial charge in [0.2, 0.25) is 5.28 Å². The summed E-state index contributed by atoms with van der Waals surface area (Å²) < 4.78 is 7.20. The minimum Gasteiger partial charge on any atom is -0.380 e. The van der Waals surface area contributed by atoms with Gasteiger partial charge in [0.15, 0.2) is 5.82 Å². The molecule has 3 aromatic rings. The molecule has 0 radical (unpaired) electrons. The molecule has 0 aromatic carbocycles. The topological polar surface area (TPSA) is 77.8 Å². The standard InChI is InChI=1S/C15H17ClN6O/c1-3-23-7-6-22-13-11(9-18-22)19-15(16)21-14(13)20-12-8-10(2)4-5-17-12/h4-5,8-9H,3,6-7H2,1-2H3,(H,17,19,20,21). The molecule has 120 valence electrons. The highest BCUT2D eigenvalue weighted by Crippen LogP contribution is 2.24. The molecule has 0 unspecified atom stereocenters. The predicted octanol–water partition coefficient (Wildman–Crippen LogP) is 2.96. The van der Waals surface area contributed by atoms with Crippen molar-refractivity contribution >= 4 is 34.3 Å². The number of rotatable bonds is 6. The molecule has 0 atom stereocenters. The third-order valence-corrected chi connectivity index (χ3v) is 3.44. The number of halogens is 1. The first-order valence-electron chi connectivity index (χ1n) is 7.34. The molecule has 0 spiro atoms. The Morgan fingerprint density at radius 1 is 1.35 bits per heavy atom. The molecule has 0 fully saturated rings. The van der Waals surface area contributed by atoms with E-state index >= 15 is 0 Å². The lowest BCUT2D eigenvalue weighted by Gasteiger charge is -2.10. The van der Waals surface area contributed by atoms with Crippen LogP contribution in [0.1, 0.15) is 12.5 Å². The first-order valence-corrected chi connectivity index (χ1v) is 7.71. The van der Waals surface area contributed by atoms with Crippen LogP contribution in [0, 0.1) is 6.92 Å². The van der Waals surface area contributed by atoms with Crippen LogP contribution in [-0.2, 0) is 11.3 Å². The number of nitrogens with zero attached hydrogens (tertiary/aromatic N) is 5. The SMILES string of the molecule is CCOCCn1ncc2nc(Cl)nc(Nc3cc(C)ccn3)c21. The third-order valence-electron chi connectivity index (χ3n) is 3.27. The molecule has 0 saturated carbocycles. The maximum Gasteiger partial charge on any atom is 0.225 e. The Morgan fingerprint density at radius 2 is 2.22 bits per heavy atom. The van der Waals surface area contributed by atoms with Crippen LogP contribution in [0.25, 0.3) is 11.0 Å². The van der Waals surface area contributed by atoms with Gasteiger partial charge in [-0.25, -0.2) is 9.97 Å². The first-order chi connectivity index (χ1) is 11.2. The molecule has 3 rings (SSSR count). The third kappa shape index (κ3) is 3.57. The van der Waals surface area contributed by atoms with E-state index in [2.05, 4.69) is 25.4 Å². The quantitative estimate of drug-likeness (QED) is 0.552. The summed E-state index contributed by atoms with van der Waals surface area (Å²) in [6.45, 7) is 5.80. The molecule has 7 nitrogen and oxygen atoms in total. The van der Waals surface area contributed by atoms with Crippen LogP contribution in [0.2, 0.25) is 5.28 Å². The Morgan fingerprint density at radius 3 is 3.00 bits per heavy atom. The number of hydrogen-bond acceptors (Lipinski definition) is 6. The number of fused-ring (bicyclic) bond motifs is 1. The van der Waals surface area contributed by atoms with Gasteiger partial charge < -0.3 is 10.1 Å². The van der Waals surface area contributed by atoms with Crippen molar-refractivity contribution in [2.24, 2.45) is 0 Å². The number of pyridine rings is 1. The van der Waals surface area contributed by atoms with Crippen LogP contribution < -0.4 is 5.32 Å². The number of aromatic nitrogens is 5. The summed E-state index contributed by atoms with van der Waals surface area (Å²) >= 11 is 6.01. The second kappa shape index (κ2) is 6.89.